The molecule has 0 spiro atoms. The third kappa shape index (κ3) is 4.15. The second-order valence-electron chi connectivity index (χ2n) is 7.65. The molecule has 2 aliphatic rings. The van der Waals surface area contributed by atoms with Crippen LogP contribution in [0.5, 0.6) is 0 Å². The summed E-state index contributed by atoms with van der Waals surface area (Å²) in [5.41, 5.74) is 4.61. The van der Waals surface area contributed by atoms with Gasteiger partial charge in [-0.05, 0) is 29.2 Å². The van der Waals surface area contributed by atoms with Gasteiger partial charge in [-0.1, -0.05) is 48.5 Å². The monoisotopic (exact) mass is 408 g/mol. The lowest BCUT2D eigenvalue weighted by atomic mass is 9.98. The van der Waals surface area contributed by atoms with Gasteiger partial charge in [0.05, 0.1) is 6.61 Å². The quantitative estimate of drug-likeness (QED) is 0.717. The van der Waals surface area contributed by atoms with E-state index in [1.54, 1.807) is 6.92 Å². The van der Waals surface area contributed by atoms with Gasteiger partial charge < -0.3 is 20.1 Å². The normalized spacial score (nSPS) is 18.2. The SMILES string of the molecule is CC(CC(=O)NC1CCOC1=O)NC(=O)OCC1c2ccccc2-c2ccccc21. The molecule has 1 aliphatic heterocycles. The number of ether oxygens (including phenoxy) is 2. The number of nitrogens with one attached hydrogen (secondary N) is 2. The molecule has 0 aromatic heterocycles. The van der Waals surface area contributed by atoms with Crippen molar-refractivity contribution >= 4 is 18.0 Å². The van der Waals surface area contributed by atoms with Gasteiger partial charge in [-0.2, -0.15) is 0 Å². The minimum Gasteiger partial charge on any atom is -0.464 e. The molecule has 7 nitrogen and oxygen atoms in total. The van der Waals surface area contributed by atoms with Crippen molar-refractivity contribution < 1.29 is 23.9 Å². The molecule has 7 heteroatoms. The molecule has 30 heavy (non-hydrogen) atoms. The summed E-state index contributed by atoms with van der Waals surface area (Å²) < 4.78 is 10.3. The van der Waals surface area contributed by atoms with E-state index in [4.69, 9.17) is 9.47 Å². The van der Waals surface area contributed by atoms with Crippen molar-refractivity contribution in [3.8, 4) is 11.1 Å². The topological polar surface area (TPSA) is 93.7 Å². The number of hydrogen-bond donors (Lipinski definition) is 2. The molecule has 0 bridgehead atoms. The lowest BCUT2D eigenvalue weighted by molar-refractivity contribution is -0.141. The number of esters is 1. The summed E-state index contributed by atoms with van der Waals surface area (Å²) in [6, 6.07) is 15.2. The minimum absolute atomic E-state index is 0.0184. The number of fused-ring (bicyclic) bond motifs is 3. The molecule has 1 fully saturated rings. The van der Waals surface area contributed by atoms with E-state index in [2.05, 4.69) is 34.9 Å². The smallest absolute Gasteiger partial charge is 0.407 e. The first-order valence-electron chi connectivity index (χ1n) is 10.1. The Morgan fingerprint density at radius 2 is 1.73 bits per heavy atom. The molecule has 2 amide bonds. The van der Waals surface area contributed by atoms with E-state index in [0.29, 0.717) is 13.0 Å². The molecule has 2 unspecified atom stereocenters. The van der Waals surface area contributed by atoms with Gasteiger partial charge in [0.2, 0.25) is 5.91 Å². The maximum absolute atomic E-state index is 12.3. The number of rotatable bonds is 6. The van der Waals surface area contributed by atoms with Gasteiger partial charge in [-0.15, -0.1) is 0 Å². The molecule has 1 saturated heterocycles. The molecule has 156 valence electrons. The van der Waals surface area contributed by atoms with Gasteiger partial charge in [-0.3, -0.25) is 4.79 Å². The molecule has 2 atom stereocenters. The van der Waals surface area contributed by atoms with Crippen LogP contribution in [0.15, 0.2) is 48.5 Å². The highest BCUT2D eigenvalue weighted by molar-refractivity contribution is 5.86. The Kier molecular flexibility index (Phi) is 5.70. The number of benzene rings is 2. The van der Waals surface area contributed by atoms with Crippen LogP contribution in [0.4, 0.5) is 4.79 Å². The first-order chi connectivity index (χ1) is 14.5. The number of carbonyl (C=O) groups is 3. The molecule has 1 heterocycles. The van der Waals surface area contributed by atoms with Crippen LogP contribution in [0.1, 0.15) is 36.8 Å². The van der Waals surface area contributed by atoms with Crippen molar-refractivity contribution in [3.05, 3.63) is 59.7 Å². The highest BCUT2D eigenvalue weighted by Gasteiger charge is 2.30. The fourth-order valence-electron chi connectivity index (χ4n) is 4.05. The van der Waals surface area contributed by atoms with Crippen molar-refractivity contribution in [2.24, 2.45) is 0 Å². The lowest BCUT2D eigenvalue weighted by Gasteiger charge is -2.17. The molecular weight excluding hydrogens is 384 g/mol. The molecule has 2 N–H and O–H groups in total. The van der Waals surface area contributed by atoms with E-state index in [1.165, 1.54) is 0 Å². The first kappa shape index (κ1) is 19.9. The summed E-state index contributed by atoms with van der Waals surface area (Å²) >= 11 is 0. The zero-order valence-electron chi connectivity index (χ0n) is 16.7. The second kappa shape index (κ2) is 8.57. The Balaban J connectivity index is 1.30. The van der Waals surface area contributed by atoms with Crippen LogP contribution in [-0.4, -0.2) is 43.3 Å². The van der Waals surface area contributed by atoms with Crippen molar-refractivity contribution in [1.29, 1.82) is 0 Å². The van der Waals surface area contributed by atoms with E-state index in [0.717, 1.165) is 22.3 Å². The first-order valence-corrected chi connectivity index (χ1v) is 10.1. The van der Waals surface area contributed by atoms with Crippen molar-refractivity contribution in [2.75, 3.05) is 13.2 Å². The van der Waals surface area contributed by atoms with Crippen LogP contribution in [0.25, 0.3) is 11.1 Å². The Hall–Kier alpha value is -3.35. The average molecular weight is 408 g/mol. The summed E-state index contributed by atoms with van der Waals surface area (Å²) in [4.78, 5) is 35.8. The predicted molar refractivity (Wildman–Crippen MR) is 110 cm³/mol. The van der Waals surface area contributed by atoms with Crippen LogP contribution in [0, 0.1) is 0 Å². The van der Waals surface area contributed by atoms with Crippen molar-refractivity contribution in [1.82, 2.24) is 10.6 Å². The van der Waals surface area contributed by atoms with Crippen LogP contribution >= 0.6 is 0 Å². The third-order valence-electron chi connectivity index (χ3n) is 5.47. The Labute approximate surface area is 174 Å². The molecule has 0 saturated carbocycles. The molecule has 2 aromatic rings. The van der Waals surface area contributed by atoms with E-state index >= 15 is 0 Å². The van der Waals surface area contributed by atoms with Gasteiger partial charge in [-0.25, -0.2) is 9.59 Å². The van der Waals surface area contributed by atoms with Crippen molar-refractivity contribution in [3.63, 3.8) is 0 Å². The number of carbonyl (C=O) groups excluding carboxylic acids is 3. The maximum Gasteiger partial charge on any atom is 0.407 e. The number of amides is 2. The highest BCUT2D eigenvalue weighted by atomic mass is 16.5. The standard InChI is InChI=1S/C23H24N2O5/c1-14(12-21(26)25-20-10-11-29-22(20)27)24-23(28)30-13-19-17-8-4-2-6-15(17)16-7-3-5-9-18(16)19/h2-9,14,19-20H,10-13H2,1H3,(H,24,28)(H,25,26). The highest BCUT2D eigenvalue weighted by Crippen LogP contribution is 2.44. The van der Waals surface area contributed by atoms with Crippen molar-refractivity contribution in [2.45, 2.75) is 37.8 Å². The summed E-state index contributed by atoms with van der Waals surface area (Å²) in [5.74, 6) is -0.749. The molecule has 4 rings (SSSR count). The van der Waals surface area contributed by atoms with Crippen LogP contribution in [0.2, 0.25) is 0 Å². The van der Waals surface area contributed by atoms with Gasteiger partial charge in [0, 0.05) is 24.8 Å². The van der Waals surface area contributed by atoms with E-state index in [1.807, 2.05) is 24.3 Å². The summed E-state index contributed by atoms with van der Waals surface area (Å²) in [5, 5.41) is 5.31. The zero-order valence-corrected chi connectivity index (χ0v) is 16.7. The van der Waals surface area contributed by atoms with Gasteiger partial charge in [0.25, 0.3) is 0 Å². The minimum atomic E-state index is -0.598. The van der Waals surface area contributed by atoms with Crippen LogP contribution < -0.4 is 10.6 Å². The van der Waals surface area contributed by atoms with Crippen LogP contribution in [0.3, 0.4) is 0 Å². The fourth-order valence-corrected chi connectivity index (χ4v) is 4.05. The Morgan fingerprint density at radius 1 is 1.10 bits per heavy atom. The molecule has 0 radical (unpaired) electrons. The fraction of sp³-hybridized carbons (Fsp3) is 0.348. The Bertz CT molecular complexity index is 928. The summed E-state index contributed by atoms with van der Waals surface area (Å²) in [6.07, 6.45) is -0.0512. The maximum atomic E-state index is 12.3. The Morgan fingerprint density at radius 3 is 2.33 bits per heavy atom. The number of hydrogen-bond acceptors (Lipinski definition) is 5. The van der Waals surface area contributed by atoms with E-state index < -0.39 is 24.1 Å². The van der Waals surface area contributed by atoms with Gasteiger partial charge >= 0.3 is 12.1 Å². The number of cyclic esters (lactones) is 1. The second-order valence-corrected chi connectivity index (χ2v) is 7.65. The van der Waals surface area contributed by atoms with Gasteiger partial charge in [0.1, 0.15) is 12.6 Å². The van der Waals surface area contributed by atoms with E-state index in [-0.39, 0.29) is 24.9 Å². The summed E-state index contributed by atoms with van der Waals surface area (Å²) in [7, 11) is 0. The zero-order chi connectivity index (χ0) is 21.1. The molecular formula is C23H24N2O5. The predicted octanol–water partition coefficient (Wildman–Crippen LogP) is 2.74. The molecule has 1 aliphatic carbocycles. The van der Waals surface area contributed by atoms with Gasteiger partial charge in [0.15, 0.2) is 0 Å². The largest absolute Gasteiger partial charge is 0.464 e. The average Bonchev–Trinajstić information content (AvgIpc) is 3.27. The van der Waals surface area contributed by atoms with E-state index in [9.17, 15) is 14.4 Å². The molecule has 2 aromatic carbocycles. The third-order valence-corrected chi connectivity index (χ3v) is 5.47. The number of alkyl carbamates (subject to hydrolysis) is 1. The van der Waals surface area contributed by atoms with Crippen LogP contribution in [-0.2, 0) is 19.1 Å². The lowest BCUT2D eigenvalue weighted by Crippen LogP contribution is -2.42. The summed E-state index contributed by atoms with van der Waals surface area (Å²) in [6.45, 7) is 2.25.